The maximum absolute atomic E-state index is 12.3. The van der Waals surface area contributed by atoms with Gasteiger partial charge in [-0.1, -0.05) is 0 Å². The highest BCUT2D eigenvalue weighted by molar-refractivity contribution is 7.89. The second kappa shape index (κ2) is 4.03. The van der Waals surface area contributed by atoms with Crippen LogP contribution in [0.2, 0.25) is 0 Å². The van der Waals surface area contributed by atoms with Crippen molar-refractivity contribution in [2.75, 3.05) is 0 Å². The summed E-state index contributed by atoms with van der Waals surface area (Å²) in [5.41, 5.74) is 0.227. The van der Waals surface area contributed by atoms with Gasteiger partial charge in [0.25, 0.3) is 0 Å². The third-order valence-electron chi connectivity index (χ3n) is 5.19. The number of nitrogens with one attached hydrogen (secondary N) is 1. The lowest BCUT2D eigenvalue weighted by atomic mass is 10.0. The molecule has 0 amide bonds. The number of aromatic nitrogens is 1. The van der Waals surface area contributed by atoms with Crippen molar-refractivity contribution >= 4 is 10.0 Å². The molecule has 0 aromatic carbocycles. The number of fused-ring (bicyclic) bond motifs is 5. The highest BCUT2D eigenvalue weighted by Crippen LogP contribution is 2.65. The number of hydrogen-bond donors (Lipinski definition) is 1. The van der Waals surface area contributed by atoms with E-state index in [0.29, 0.717) is 11.8 Å². The molecule has 1 aromatic rings. The van der Waals surface area contributed by atoms with Crippen LogP contribution in [-0.2, 0) is 10.0 Å². The summed E-state index contributed by atoms with van der Waals surface area (Å²) in [7, 11) is -3.51. The van der Waals surface area contributed by atoms with Crippen LogP contribution in [0.5, 0.6) is 0 Å². The predicted octanol–water partition coefficient (Wildman–Crippen LogP) is 1.28. The van der Waals surface area contributed by atoms with Crippen molar-refractivity contribution in [2.45, 2.75) is 30.2 Å². The summed E-state index contributed by atoms with van der Waals surface area (Å²) in [6.45, 7) is 0. The first kappa shape index (κ1) is 12.3. The Bertz CT molecular complexity index is 676. The van der Waals surface area contributed by atoms with E-state index in [1.54, 1.807) is 0 Å². The lowest BCUT2D eigenvalue weighted by Gasteiger charge is -2.11. The van der Waals surface area contributed by atoms with Crippen LogP contribution in [-0.4, -0.2) is 19.4 Å². The average molecular weight is 289 g/mol. The van der Waals surface area contributed by atoms with E-state index in [9.17, 15) is 8.42 Å². The van der Waals surface area contributed by atoms with Gasteiger partial charge in [0.15, 0.2) is 0 Å². The van der Waals surface area contributed by atoms with Gasteiger partial charge in [0, 0.05) is 12.2 Å². The van der Waals surface area contributed by atoms with E-state index in [-0.39, 0.29) is 16.6 Å². The van der Waals surface area contributed by atoms with E-state index in [1.807, 2.05) is 6.07 Å². The lowest BCUT2D eigenvalue weighted by Crippen LogP contribution is -2.30. The molecule has 3 fully saturated rings. The molecule has 3 saturated carbocycles. The maximum atomic E-state index is 12.3. The number of sulfonamides is 1. The van der Waals surface area contributed by atoms with Crippen LogP contribution in [0, 0.1) is 35.0 Å². The summed E-state index contributed by atoms with van der Waals surface area (Å²) in [6, 6.07) is 4.89. The minimum Gasteiger partial charge on any atom is -0.244 e. The largest absolute Gasteiger partial charge is 0.244 e. The molecule has 0 radical (unpaired) electrons. The summed E-state index contributed by atoms with van der Waals surface area (Å²) < 4.78 is 27.5. The van der Waals surface area contributed by atoms with Crippen LogP contribution >= 0.6 is 0 Å². The normalized spacial score (nSPS) is 37.5. The summed E-state index contributed by atoms with van der Waals surface area (Å²) >= 11 is 0. The van der Waals surface area contributed by atoms with E-state index in [2.05, 4.69) is 9.71 Å². The van der Waals surface area contributed by atoms with Crippen LogP contribution in [0.3, 0.4) is 0 Å². The summed E-state index contributed by atoms with van der Waals surface area (Å²) in [6.07, 6.45) is 5.09. The average Bonchev–Trinajstić information content (AvgIpc) is 2.86. The van der Waals surface area contributed by atoms with Gasteiger partial charge < -0.3 is 0 Å². The van der Waals surface area contributed by atoms with Crippen molar-refractivity contribution in [1.29, 1.82) is 5.26 Å². The molecular formula is C14H15N3O2S. The van der Waals surface area contributed by atoms with Gasteiger partial charge in [-0.3, -0.25) is 0 Å². The molecule has 0 spiro atoms. The molecule has 0 saturated heterocycles. The van der Waals surface area contributed by atoms with Crippen molar-refractivity contribution in [1.82, 2.24) is 9.71 Å². The monoisotopic (exact) mass is 289 g/mol. The SMILES string of the molecule is N#Cc1ccc(S(=O)(=O)NC2C3C4CCC(C4)C23)cn1. The van der Waals surface area contributed by atoms with Gasteiger partial charge in [-0.15, -0.1) is 0 Å². The van der Waals surface area contributed by atoms with Gasteiger partial charge in [-0.25, -0.2) is 18.1 Å². The molecule has 20 heavy (non-hydrogen) atoms. The van der Waals surface area contributed by atoms with Gasteiger partial charge >= 0.3 is 0 Å². The van der Waals surface area contributed by atoms with Crippen LogP contribution in [0.25, 0.3) is 0 Å². The topological polar surface area (TPSA) is 82.8 Å². The highest BCUT2D eigenvalue weighted by atomic mass is 32.2. The summed E-state index contributed by atoms with van der Waals surface area (Å²) in [5.74, 6) is 2.60. The smallest absolute Gasteiger partial charge is 0.242 e. The number of hydrogen-bond acceptors (Lipinski definition) is 4. The van der Waals surface area contributed by atoms with E-state index in [1.165, 1.54) is 37.6 Å². The van der Waals surface area contributed by atoms with Crippen LogP contribution in [0.4, 0.5) is 0 Å². The molecule has 0 aliphatic heterocycles. The van der Waals surface area contributed by atoms with E-state index in [0.717, 1.165) is 11.8 Å². The van der Waals surface area contributed by atoms with E-state index >= 15 is 0 Å². The van der Waals surface area contributed by atoms with Crippen molar-refractivity contribution < 1.29 is 8.42 Å². The Morgan fingerprint density at radius 1 is 1.25 bits per heavy atom. The minimum atomic E-state index is -3.51. The Hall–Kier alpha value is -1.45. The fraction of sp³-hybridized carbons (Fsp3) is 0.571. The number of nitrogens with zero attached hydrogens (tertiary/aromatic N) is 2. The van der Waals surface area contributed by atoms with Crippen molar-refractivity contribution in [3.05, 3.63) is 24.0 Å². The molecule has 3 aliphatic rings. The summed E-state index contributed by atoms with van der Waals surface area (Å²) in [4.78, 5) is 3.97. The van der Waals surface area contributed by atoms with Crippen LogP contribution in [0.1, 0.15) is 25.0 Å². The quantitative estimate of drug-likeness (QED) is 0.908. The van der Waals surface area contributed by atoms with Crippen molar-refractivity contribution in [3.63, 3.8) is 0 Å². The number of nitriles is 1. The molecular weight excluding hydrogens is 274 g/mol. The van der Waals surface area contributed by atoms with E-state index in [4.69, 9.17) is 5.26 Å². The lowest BCUT2D eigenvalue weighted by molar-refractivity contribution is 0.456. The Kier molecular flexibility index (Phi) is 2.48. The van der Waals surface area contributed by atoms with Gasteiger partial charge in [-0.05, 0) is 55.1 Å². The first-order valence-corrected chi connectivity index (χ1v) is 8.47. The Labute approximate surface area is 118 Å². The second-order valence-electron chi connectivity index (χ2n) is 6.13. The zero-order chi connectivity index (χ0) is 13.9. The van der Waals surface area contributed by atoms with Crippen LogP contribution < -0.4 is 4.72 Å². The molecule has 1 heterocycles. The fourth-order valence-electron chi connectivity index (χ4n) is 4.34. The highest BCUT2D eigenvalue weighted by Gasteiger charge is 2.65. The molecule has 104 valence electrons. The van der Waals surface area contributed by atoms with E-state index < -0.39 is 10.0 Å². The van der Waals surface area contributed by atoms with Gasteiger partial charge in [0.2, 0.25) is 10.0 Å². The molecule has 5 nitrogen and oxygen atoms in total. The van der Waals surface area contributed by atoms with Crippen molar-refractivity contribution in [3.8, 4) is 6.07 Å². The molecule has 3 aliphatic carbocycles. The molecule has 2 bridgehead atoms. The molecule has 6 heteroatoms. The first-order valence-electron chi connectivity index (χ1n) is 6.98. The maximum Gasteiger partial charge on any atom is 0.242 e. The third-order valence-corrected chi connectivity index (χ3v) is 6.63. The number of rotatable bonds is 3. The zero-order valence-corrected chi connectivity index (χ0v) is 11.7. The molecule has 4 unspecified atom stereocenters. The number of pyridine rings is 1. The van der Waals surface area contributed by atoms with Gasteiger partial charge in [0.05, 0.1) is 0 Å². The third kappa shape index (κ3) is 1.70. The second-order valence-corrected chi connectivity index (χ2v) is 7.84. The molecule has 4 rings (SSSR count). The van der Waals surface area contributed by atoms with Crippen LogP contribution in [0.15, 0.2) is 23.2 Å². The van der Waals surface area contributed by atoms with Gasteiger partial charge in [-0.2, -0.15) is 5.26 Å². The van der Waals surface area contributed by atoms with Crippen molar-refractivity contribution in [2.24, 2.45) is 23.7 Å². The Morgan fingerprint density at radius 3 is 2.50 bits per heavy atom. The standard InChI is InChI=1S/C14H15N3O2S/c15-6-10-3-4-11(7-16-10)20(18,19)17-14-12-8-1-2-9(5-8)13(12)14/h3-4,7-9,12-14,17H,1-2,5H2. The Balaban J connectivity index is 1.52. The molecule has 1 N–H and O–H groups in total. The van der Waals surface area contributed by atoms with Gasteiger partial charge in [0.1, 0.15) is 16.7 Å². The zero-order valence-electron chi connectivity index (χ0n) is 10.9. The predicted molar refractivity (Wildman–Crippen MR) is 70.9 cm³/mol. The summed E-state index contributed by atoms with van der Waals surface area (Å²) in [5, 5.41) is 8.68. The minimum absolute atomic E-state index is 0.127. The molecule has 1 aromatic heterocycles. The first-order chi connectivity index (χ1) is 9.60. The fourth-order valence-corrected chi connectivity index (χ4v) is 5.58. The molecule has 4 atom stereocenters. The Morgan fingerprint density at radius 2 is 1.95 bits per heavy atom.